The second-order valence-corrected chi connectivity index (χ2v) is 18.4. The van der Waals surface area contributed by atoms with Gasteiger partial charge in [-0.05, 0) is 161 Å². The van der Waals surface area contributed by atoms with E-state index in [-0.39, 0.29) is 5.41 Å². The number of nitrogens with zero attached hydrogens (tertiary/aromatic N) is 2. The summed E-state index contributed by atoms with van der Waals surface area (Å²) < 4.78 is 2.40. The summed E-state index contributed by atoms with van der Waals surface area (Å²) in [6.07, 6.45) is 8.70. The fourth-order valence-electron chi connectivity index (χ4n) is 12.5. The third kappa shape index (κ3) is 5.09. The Hall–Kier alpha value is -5.86. The van der Waals surface area contributed by atoms with Gasteiger partial charge >= 0.3 is 0 Å². The first kappa shape index (κ1) is 33.3. The lowest BCUT2D eigenvalue weighted by molar-refractivity contribution is -0.00518. The van der Waals surface area contributed by atoms with E-state index in [1.54, 1.807) is 5.56 Å². The largest absolute Gasteiger partial charge is 0.310 e. The number of anilines is 3. The Labute approximate surface area is 336 Å². The van der Waals surface area contributed by atoms with E-state index in [1.807, 2.05) is 0 Å². The summed E-state index contributed by atoms with van der Waals surface area (Å²) in [5.41, 5.74) is 17.1. The number of fused-ring (bicyclic) bond motifs is 6. The predicted molar refractivity (Wildman–Crippen MR) is 238 cm³/mol. The van der Waals surface area contributed by atoms with Gasteiger partial charge in [0.05, 0.1) is 11.0 Å². The van der Waals surface area contributed by atoms with E-state index in [0.29, 0.717) is 5.41 Å². The van der Waals surface area contributed by atoms with Gasteiger partial charge in [0.25, 0.3) is 0 Å². The normalized spacial score (nSPS) is 22.5. The predicted octanol–water partition coefficient (Wildman–Crippen LogP) is 14.7. The molecule has 2 heteroatoms. The standard InChI is InChI=1S/C55H48N2/c1-54(2)50-12-6-3-9-46(50)47-28-27-45(32-51(47)54)56(43-23-25-44(26-24-43)57-52-13-7-4-10-48(52)49-11-5-8-14-53(49)57)42-21-17-40(18-22-42)39-15-19-41(20-16-39)55-33-36-29-37(34-55)31-38(30-36)35-55/h3-28,32,36-38H,29-31,33-35H2,1-2H3. The first-order chi connectivity index (χ1) is 27.9. The highest BCUT2D eigenvalue weighted by molar-refractivity contribution is 6.09. The zero-order chi connectivity index (χ0) is 37.9. The summed E-state index contributed by atoms with van der Waals surface area (Å²) in [5, 5.41) is 2.56. The van der Waals surface area contributed by atoms with Crippen molar-refractivity contribution in [2.75, 3.05) is 4.90 Å². The molecule has 7 aromatic carbocycles. The summed E-state index contributed by atoms with van der Waals surface area (Å²) in [6, 6.07) is 61.7. The van der Waals surface area contributed by atoms with Crippen LogP contribution in [0.3, 0.4) is 0 Å². The lowest BCUT2D eigenvalue weighted by atomic mass is 9.48. The average molecular weight is 737 g/mol. The molecule has 0 radical (unpaired) electrons. The SMILES string of the molecule is CC1(C)c2ccccc2-c2ccc(N(c3ccc(-c4ccc(C56CC7CC(CC(C7)C5)C6)cc4)cc3)c3ccc(-n4c5ccccc5c5ccccc54)cc3)cc21. The van der Waals surface area contributed by atoms with Crippen molar-refractivity contribution in [2.24, 2.45) is 17.8 Å². The van der Waals surface area contributed by atoms with E-state index >= 15 is 0 Å². The van der Waals surface area contributed by atoms with Gasteiger partial charge in [-0.1, -0.05) is 117 Å². The molecule has 4 fully saturated rings. The Morgan fingerprint density at radius 3 is 1.58 bits per heavy atom. The number of benzene rings is 7. The van der Waals surface area contributed by atoms with Crippen molar-refractivity contribution in [1.82, 2.24) is 4.57 Å². The van der Waals surface area contributed by atoms with E-state index in [4.69, 9.17) is 0 Å². The minimum Gasteiger partial charge on any atom is -0.310 e. The topological polar surface area (TPSA) is 8.17 Å². The van der Waals surface area contributed by atoms with Gasteiger partial charge in [-0.25, -0.2) is 0 Å². The number of rotatable bonds is 6. The Kier molecular flexibility index (Phi) is 7.20. The Morgan fingerprint density at radius 2 is 0.965 bits per heavy atom. The molecule has 278 valence electrons. The molecule has 0 unspecified atom stereocenters. The lowest BCUT2D eigenvalue weighted by Gasteiger charge is -2.57. The maximum atomic E-state index is 2.48. The second kappa shape index (κ2) is 12.3. The van der Waals surface area contributed by atoms with E-state index in [0.717, 1.165) is 34.8 Å². The van der Waals surface area contributed by atoms with Crippen LogP contribution in [-0.4, -0.2) is 4.57 Å². The van der Waals surface area contributed by atoms with Crippen LogP contribution < -0.4 is 4.90 Å². The smallest absolute Gasteiger partial charge is 0.0541 e. The zero-order valence-corrected chi connectivity index (χ0v) is 33.0. The maximum absolute atomic E-state index is 2.48. The first-order valence-corrected chi connectivity index (χ1v) is 21.3. The summed E-state index contributed by atoms with van der Waals surface area (Å²) in [6.45, 7) is 4.74. The van der Waals surface area contributed by atoms with Crippen LogP contribution in [0.15, 0.2) is 164 Å². The minimum atomic E-state index is -0.0831. The molecular formula is C55H48N2. The van der Waals surface area contributed by atoms with Crippen LogP contribution >= 0.6 is 0 Å². The Morgan fingerprint density at radius 1 is 0.474 bits per heavy atom. The van der Waals surface area contributed by atoms with Gasteiger partial charge in [-0.3, -0.25) is 0 Å². The van der Waals surface area contributed by atoms with E-state index in [1.165, 1.54) is 99.4 Å². The summed E-state index contributed by atoms with van der Waals surface area (Å²) in [5.74, 6) is 2.88. The Bertz CT molecular complexity index is 2750. The van der Waals surface area contributed by atoms with Crippen molar-refractivity contribution in [3.63, 3.8) is 0 Å². The molecule has 0 saturated heterocycles. The van der Waals surface area contributed by atoms with E-state index in [9.17, 15) is 0 Å². The van der Waals surface area contributed by atoms with Gasteiger partial charge in [-0.15, -0.1) is 0 Å². The van der Waals surface area contributed by atoms with Crippen molar-refractivity contribution in [1.29, 1.82) is 0 Å². The molecule has 0 N–H and O–H groups in total. The molecular weight excluding hydrogens is 689 g/mol. The van der Waals surface area contributed by atoms with Crippen LogP contribution in [0, 0.1) is 17.8 Å². The van der Waals surface area contributed by atoms with E-state index in [2.05, 4.69) is 187 Å². The van der Waals surface area contributed by atoms with Crippen molar-refractivity contribution < 1.29 is 0 Å². The number of aromatic nitrogens is 1. The second-order valence-electron chi connectivity index (χ2n) is 18.4. The van der Waals surface area contributed by atoms with Crippen LogP contribution in [-0.2, 0) is 10.8 Å². The Balaban J connectivity index is 0.925. The number of hydrogen-bond donors (Lipinski definition) is 0. The average Bonchev–Trinajstić information content (AvgIpc) is 3.69. The number of hydrogen-bond acceptors (Lipinski definition) is 1. The van der Waals surface area contributed by atoms with Crippen LogP contribution in [0.2, 0.25) is 0 Å². The third-order valence-electron chi connectivity index (χ3n) is 14.8. The third-order valence-corrected chi connectivity index (χ3v) is 14.8. The monoisotopic (exact) mass is 736 g/mol. The molecule has 1 heterocycles. The fraction of sp³-hybridized carbons (Fsp3) is 0.236. The van der Waals surface area contributed by atoms with Crippen molar-refractivity contribution in [2.45, 2.75) is 63.2 Å². The molecule has 0 atom stereocenters. The van der Waals surface area contributed by atoms with Crippen LogP contribution in [0.25, 0.3) is 49.7 Å². The van der Waals surface area contributed by atoms with Crippen LogP contribution in [0.4, 0.5) is 17.1 Å². The van der Waals surface area contributed by atoms with Gasteiger partial charge in [0, 0.05) is 38.9 Å². The molecule has 0 spiro atoms. The molecule has 4 bridgehead atoms. The maximum Gasteiger partial charge on any atom is 0.0541 e. The summed E-state index contributed by atoms with van der Waals surface area (Å²) in [7, 11) is 0. The molecule has 5 aliphatic rings. The highest BCUT2D eigenvalue weighted by atomic mass is 15.1. The fourth-order valence-corrected chi connectivity index (χ4v) is 12.5. The molecule has 5 aliphatic carbocycles. The first-order valence-electron chi connectivity index (χ1n) is 21.3. The van der Waals surface area contributed by atoms with E-state index < -0.39 is 0 Å². The molecule has 1 aromatic heterocycles. The highest BCUT2D eigenvalue weighted by Gasteiger charge is 2.51. The van der Waals surface area contributed by atoms with Crippen LogP contribution in [0.5, 0.6) is 0 Å². The molecule has 0 aliphatic heterocycles. The van der Waals surface area contributed by atoms with Gasteiger partial charge in [0.1, 0.15) is 0 Å². The lowest BCUT2D eigenvalue weighted by Crippen LogP contribution is -2.48. The van der Waals surface area contributed by atoms with Gasteiger partial charge in [-0.2, -0.15) is 0 Å². The molecule has 0 amide bonds. The van der Waals surface area contributed by atoms with Crippen molar-refractivity contribution >= 4 is 38.9 Å². The summed E-state index contributed by atoms with van der Waals surface area (Å²) in [4.78, 5) is 2.44. The molecule has 8 aromatic rings. The van der Waals surface area contributed by atoms with Crippen molar-refractivity contribution in [3.05, 3.63) is 180 Å². The molecule has 4 saturated carbocycles. The van der Waals surface area contributed by atoms with Crippen molar-refractivity contribution in [3.8, 4) is 27.9 Å². The summed E-state index contributed by atoms with van der Waals surface area (Å²) >= 11 is 0. The number of para-hydroxylation sites is 2. The van der Waals surface area contributed by atoms with Crippen LogP contribution in [0.1, 0.15) is 69.1 Å². The molecule has 13 rings (SSSR count). The minimum absolute atomic E-state index is 0.0831. The quantitative estimate of drug-likeness (QED) is 0.165. The highest BCUT2D eigenvalue weighted by Crippen LogP contribution is 2.61. The van der Waals surface area contributed by atoms with Gasteiger partial charge < -0.3 is 9.47 Å². The molecule has 57 heavy (non-hydrogen) atoms. The molecule has 2 nitrogen and oxygen atoms in total. The zero-order valence-electron chi connectivity index (χ0n) is 33.0. The van der Waals surface area contributed by atoms with Gasteiger partial charge in [0.15, 0.2) is 0 Å². The van der Waals surface area contributed by atoms with Gasteiger partial charge in [0.2, 0.25) is 0 Å².